The Morgan fingerprint density at radius 1 is 0.909 bits per heavy atom. The molecule has 0 saturated carbocycles. The molecule has 0 atom stereocenters. The Bertz CT molecular complexity index is 873. The number of halogens is 1. The third kappa shape index (κ3) is 2.15. The third-order valence-electron chi connectivity index (χ3n) is 3.56. The Morgan fingerprint density at radius 2 is 1.77 bits per heavy atom. The molecule has 2 heterocycles. The molecule has 4 heteroatoms. The van der Waals surface area contributed by atoms with Gasteiger partial charge in [-0.3, -0.25) is 0 Å². The highest BCUT2D eigenvalue weighted by Gasteiger charge is 2.18. The molecule has 1 aromatic heterocycles. The molecule has 3 aromatic rings. The van der Waals surface area contributed by atoms with Crippen molar-refractivity contribution in [3.8, 4) is 0 Å². The number of aliphatic imine (C=N–C) groups is 1. The van der Waals surface area contributed by atoms with Gasteiger partial charge in [0.15, 0.2) is 5.82 Å². The lowest BCUT2D eigenvalue weighted by molar-refractivity contribution is 0.628. The fourth-order valence-corrected chi connectivity index (χ4v) is 2.53. The zero-order chi connectivity index (χ0) is 14.9. The predicted octanol–water partition coefficient (Wildman–Crippen LogP) is 4.45. The highest BCUT2D eigenvalue weighted by atomic mass is 19.1. The Hall–Kier alpha value is -3.01. The first-order valence-corrected chi connectivity index (χ1v) is 6.97. The van der Waals surface area contributed by atoms with Crippen LogP contribution in [0.25, 0.3) is 0 Å². The molecule has 4 rings (SSSR count). The molecule has 0 spiro atoms. The molecule has 22 heavy (non-hydrogen) atoms. The van der Waals surface area contributed by atoms with Crippen LogP contribution in [0.1, 0.15) is 11.1 Å². The lowest BCUT2D eigenvalue weighted by atomic mass is 10.0. The number of fused-ring (bicyclic) bond motifs is 2. The molecule has 0 saturated heterocycles. The maximum absolute atomic E-state index is 13.6. The second kappa shape index (κ2) is 5.07. The van der Waals surface area contributed by atoms with Gasteiger partial charge in [0.2, 0.25) is 0 Å². The number of nitrogens with one attached hydrogen (secondary N) is 1. The molecular weight excluding hydrogens is 277 g/mol. The minimum Gasteiger partial charge on any atom is -0.338 e. The zero-order valence-corrected chi connectivity index (χ0v) is 11.6. The number of rotatable bonds is 1. The molecule has 1 N–H and O–H groups in total. The molecule has 0 aliphatic carbocycles. The summed E-state index contributed by atoms with van der Waals surface area (Å²) >= 11 is 0. The van der Waals surface area contributed by atoms with Gasteiger partial charge in [-0.05, 0) is 30.3 Å². The molecule has 0 fully saturated rings. The number of pyridine rings is 1. The van der Waals surface area contributed by atoms with Gasteiger partial charge in [-0.15, -0.1) is 0 Å². The van der Waals surface area contributed by atoms with Crippen molar-refractivity contribution in [2.24, 2.45) is 4.99 Å². The van der Waals surface area contributed by atoms with Crippen molar-refractivity contribution in [3.05, 3.63) is 83.8 Å². The largest absolute Gasteiger partial charge is 0.338 e. The van der Waals surface area contributed by atoms with Crippen LogP contribution in [-0.2, 0) is 0 Å². The summed E-state index contributed by atoms with van der Waals surface area (Å²) in [7, 11) is 0. The van der Waals surface area contributed by atoms with Crippen molar-refractivity contribution in [2.45, 2.75) is 0 Å². The fourth-order valence-electron chi connectivity index (χ4n) is 2.53. The molecule has 0 unspecified atom stereocenters. The maximum Gasteiger partial charge on any atom is 0.156 e. The molecule has 2 aromatic carbocycles. The zero-order valence-electron chi connectivity index (χ0n) is 11.6. The van der Waals surface area contributed by atoms with E-state index >= 15 is 0 Å². The van der Waals surface area contributed by atoms with Crippen molar-refractivity contribution in [1.82, 2.24) is 4.98 Å². The van der Waals surface area contributed by atoms with Gasteiger partial charge in [0.1, 0.15) is 11.5 Å². The van der Waals surface area contributed by atoms with E-state index in [0.29, 0.717) is 11.5 Å². The van der Waals surface area contributed by atoms with Gasteiger partial charge in [0.05, 0.1) is 11.4 Å². The maximum atomic E-state index is 13.6. The van der Waals surface area contributed by atoms with E-state index in [4.69, 9.17) is 4.99 Å². The lowest BCUT2D eigenvalue weighted by Gasteiger charge is -2.10. The summed E-state index contributed by atoms with van der Waals surface area (Å²) in [6.07, 6.45) is 1.69. The minimum atomic E-state index is -0.293. The van der Waals surface area contributed by atoms with Crippen molar-refractivity contribution in [3.63, 3.8) is 0 Å². The number of anilines is 2. The van der Waals surface area contributed by atoms with Crippen LogP contribution in [0.2, 0.25) is 0 Å². The van der Waals surface area contributed by atoms with Gasteiger partial charge in [0, 0.05) is 17.3 Å². The van der Waals surface area contributed by atoms with E-state index in [9.17, 15) is 4.39 Å². The van der Waals surface area contributed by atoms with Crippen molar-refractivity contribution >= 4 is 22.9 Å². The number of hydrogen-bond donors (Lipinski definition) is 1. The van der Waals surface area contributed by atoms with Crippen molar-refractivity contribution in [1.29, 1.82) is 0 Å². The SMILES string of the molecule is Fc1ccc2c(c1)Nc1ncccc1N=C2c1ccccc1. The average molecular weight is 289 g/mol. The van der Waals surface area contributed by atoms with Gasteiger partial charge < -0.3 is 5.32 Å². The number of nitrogens with zero attached hydrogens (tertiary/aromatic N) is 2. The Kier molecular flexibility index (Phi) is 2.93. The summed E-state index contributed by atoms with van der Waals surface area (Å²) in [6.45, 7) is 0. The number of hydrogen-bond acceptors (Lipinski definition) is 3. The van der Waals surface area contributed by atoms with Gasteiger partial charge in [-0.2, -0.15) is 0 Å². The highest BCUT2D eigenvalue weighted by Crippen LogP contribution is 2.34. The van der Waals surface area contributed by atoms with E-state index in [1.54, 1.807) is 12.3 Å². The topological polar surface area (TPSA) is 37.3 Å². The van der Waals surface area contributed by atoms with Crippen LogP contribution in [0.4, 0.5) is 21.6 Å². The normalized spacial score (nSPS) is 12.5. The van der Waals surface area contributed by atoms with Crippen LogP contribution in [0.3, 0.4) is 0 Å². The molecule has 1 aliphatic rings. The number of benzene rings is 2. The van der Waals surface area contributed by atoms with E-state index in [1.807, 2.05) is 42.5 Å². The molecule has 0 bridgehead atoms. The van der Waals surface area contributed by atoms with Gasteiger partial charge in [-0.1, -0.05) is 30.3 Å². The molecular formula is C18H12FN3. The predicted molar refractivity (Wildman–Crippen MR) is 85.7 cm³/mol. The van der Waals surface area contributed by atoms with Crippen LogP contribution in [0.5, 0.6) is 0 Å². The average Bonchev–Trinajstić information content (AvgIpc) is 2.71. The van der Waals surface area contributed by atoms with Crippen LogP contribution < -0.4 is 5.32 Å². The highest BCUT2D eigenvalue weighted by molar-refractivity contribution is 6.18. The summed E-state index contributed by atoms with van der Waals surface area (Å²) in [5.41, 5.74) is 4.03. The fraction of sp³-hybridized carbons (Fsp3) is 0. The molecule has 0 radical (unpaired) electrons. The van der Waals surface area contributed by atoms with E-state index in [1.165, 1.54) is 12.1 Å². The molecule has 3 nitrogen and oxygen atoms in total. The second-order valence-corrected chi connectivity index (χ2v) is 5.01. The van der Waals surface area contributed by atoms with Gasteiger partial charge >= 0.3 is 0 Å². The van der Waals surface area contributed by atoms with Crippen LogP contribution >= 0.6 is 0 Å². The van der Waals surface area contributed by atoms with Crippen LogP contribution in [0, 0.1) is 5.82 Å². The standard InChI is InChI=1S/C18H12FN3/c19-13-8-9-14-16(11-13)22-18-15(7-4-10-20-18)21-17(14)12-5-2-1-3-6-12/h1-11H,(H,20,22). The Balaban J connectivity index is 2.01. The van der Waals surface area contributed by atoms with E-state index in [2.05, 4.69) is 10.3 Å². The Morgan fingerprint density at radius 3 is 2.64 bits per heavy atom. The smallest absolute Gasteiger partial charge is 0.156 e. The molecule has 106 valence electrons. The summed E-state index contributed by atoms with van der Waals surface area (Å²) in [5.74, 6) is 0.332. The Labute approximate surface area is 127 Å². The van der Waals surface area contributed by atoms with Crippen molar-refractivity contribution < 1.29 is 4.39 Å². The first-order valence-electron chi connectivity index (χ1n) is 6.97. The first-order chi connectivity index (χ1) is 10.8. The van der Waals surface area contributed by atoms with Gasteiger partial charge in [0.25, 0.3) is 0 Å². The second-order valence-electron chi connectivity index (χ2n) is 5.01. The van der Waals surface area contributed by atoms with E-state index in [0.717, 1.165) is 22.5 Å². The quantitative estimate of drug-likeness (QED) is 0.562. The number of aromatic nitrogens is 1. The monoisotopic (exact) mass is 289 g/mol. The van der Waals surface area contributed by atoms with Crippen LogP contribution in [0.15, 0.2) is 71.9 Å². The van der Waals surface area contributed by atoms with Crippen molar-refractivity contribution in [2.75, 3.05) is 5.32 Å². The van der Waals surface area contributed by atoms with E-state index in [-0.39, 0.29) is 5.82 Å². The summed E-state index contributed by atoms with van der Waals surface area (Å²) in [5, 5.41) is 3.18. The summed E-state index contributed by atoms with van der Waals surface area (Å²) in [6, 6.07) is 18.3. The molecule has 0 amide bonds. The molecule has 1 aliphatic heterocycles. The first kappa shape index (κ1) is 12.7. The lowest BCUT2D eigenvalue weighted by Crippen LogP contribution is -2.05. The minimum absolute atomic E-state index is 0.293. The summed E-state index contributed by atoms with van der Waals surface area (Å²) < 4.78 is 13.6. The van der Waals surface area contributed by atoms with Gasteiger partial charge in [-0.25, -0.2) is 14.4 Å². The summed E-state index contributed by atoms with van der Waals surface area (Å²) in [4.78, 5) is 9.04. The third-order valence-corrected chi connectivity index (χ3v) is 3.56. The van der Waals surface area contributed by atoms with E-state index < -0.39 is 0 Å². The van der Waals surface area contributed by atoms with Crippen LogP contribution in [-0.4, -0.2) is 10.7 Å².